The van der Waals surface area contributed by atoms with E-state index < -0.39 is 22.8 Å². The maximum absolute atomic E-state index is 13.1. The summed E-state index contributed by atoms with van der Waals surface area (Å²) in [6.45, 7) is 2.30. The van der Waals surface area contributed by atoms with Gasteiger partial charge < -0.3 is 24.6 Å². The molecular weight excluding hydrogens is 430 g/mol. The largest absolute Gasteiger partial charge is 0.466 e. The molecule has 0 fully saturated rings. The summed E-state index contributed by atoms with van der Waals surface area (Å²) in [6, 6.07) is 5.77. The van der Waals surface area contributed by atoms with Crippen molar-refractivity contribution >= 4 is 24.0 Å². The zero-order valence-corrected chi connectivity index (χ0v) is 19.6. The molecule has 0 amide bonds. The number of aliphatic imine (C=N–C) groups is 1. The van der Waals surface area contributed by atoms with E-state index in [1.54, 1.807) is 32.0 Å². The van der Waals surface area contributed by atoms with Crippen LogP contribution >= 0.6 is 0 Å². The minimum absolute atomic E-state index is 0.0428. The molecule has 178 valence electrons. The minimum Gasteiger partial charge on any atom is -0.466 e. The standard InChI is InChI=1S/C22H29N5O6/c1-14-17(22(29)33-11-10-25(2)3)18(15-8-7-9-16(12-15)27(30)31)19(21(28)32-6)20(24-14)23-13-26(4)5/h7-9,12-13,18,24H,10-11H2,1-6H3. The smallest absolute Gasteiger partial charge is 0.338 e. The molecule has 1 aliphatic heterocycles. The quantitative estimate of drug-likeness (QED) is 0.193. The molecule has 11 heteroatoms. The first-order valence-corrected chi connectivity index (χ1v) is 10.1. The number of nitro benzene ring substituents is 1. The molecule has 0 spiro atoms. The van der Waals surface area contributed by atoms with Gasteiger partial charge in [0.15, 0.2) is 0 Å². The van der Waals surface area contributed by atoms with E-state index in [4.69, 9.17) is 9.47 Å². The van der Waals surface area contributed by atoms with Crippen LogP contribution in [0.5, 0.6) is 0 Å². The maximum Gasteiger partial charge on any atom is 0.338 e. The summed E-state index contributed by atoms with van der Waals surface area (Å²) < 4.78 is 10.4. The number of allylic oxidation sites excluding steroid dienone is 1. The Morgan fingerprint density at radius 2 is 1.91 bits per heavy atom. The van der Waals surface area contributed by atoms with Gasteiger partial charge in [-0.05, 0) is 26.6 Å². The third kappa shape index (κ3) is 6.39. The lowest BCUT2D eigenvalue weighted by molar-refractivity contribution is -0.384. The Balaban J connectivity index is 2.69. The van der Waals surface area contributed by atoms with Crippen molar-refractivity contribution in [3.8, 4) is 0 Å². The van der Waals surface area contributed by atoms with Crippen LogP contribution in [0.2, 0.25) is 0 Å². The van der Waals surface area contributed by atoms with Crippen molar-refractivity contribution in [1.29, 1.82) is 0 Å². The molecule has 0 radical (unpaired) electrons. The molecule has 0 aliphatic carbocycles. The number of methoxy groups -OCH3 is 1. The summed E-state index contributed by atoms with van der Waals surface area (Å²) in [7, 11) is 8.43. The van der Waals surface area contributed by atoms with Gasteiger partial charge in [-0.25, -0.2) is 14.6 Å². The number of nitrogens with one attached hydrogen (secondary N) is 1. The average Bonchev–Trinajstić information content (AvgIpc) is 2.76. The molecule has 1 aromatic carbocycles. The first kappa shape index (κ1) is 25.5. The van der Waals surface area contributed by atoms with E-state index in [0.717, 1.165) is 0 Å². The van der Waals surface area contributed by atoms with Crippen LogP contribution in [0.25, 0.3) is 0 Å². The number of likely N-dealkylation sites (N-methyl/N-ethyl adjacent to an activating group) is 1. The fourth-order valence-corrected chi connectivity index (χ4v) is 3.23. The number of non-ortho nitro benzene ring substituents is 1. The number of hydrogen-bond acceptors (Lipinski definition) is 9. The fourth-order valence-electron chi connectivity index (χ4n) is 3.23. The molecule has 2 rings (SSSR count). The van der Waals surface area contributed by atoms with Crippen LogP contribution in [0.3, 0.4) is 0 Å². The van der Waals surface area contributed by atoms with Crippen LogP contribution in [0.15, 0.2) is 51.9 Å². The van der Waals surface area contributed by atoms with Gasteiger partial charge in [0.2, 0.25) is 0 Å². The highest BCUT2D eigenvalue weighted by molar-refractivity contribution is 6.00. The van der Waals surface area contributed by atoms with Gasteiger partial charge in [-0.3, -0.25) is 10.1 Å². The zero-order valence-electron chi connectivity index (χ0n) is 19.6. The molecule has 0 saturated heterocycles. The first-order chi connectivity index (χ1) is 15.6. The summed E-state index contributed by atoms with van der Waals surface area (Å²) in [5, 5.41) is 14.4. The predicted octanol–water partition coefficient (Wildman–Crippen LogP) is 1.63. The van der Waals surface area contributed by atoms with E-state index in [1.807, 2.05) is 19.0 Å². The van der Waals surface area contributed by atoms with E-state index in [0.29, 0.717) is 17.8 Å². The maximum atomic E-state index is 13.1. The fraction of sp³-hybridized carbons (Fsp3) is 0.409. The van der Waals surface area contributed by atoms with Crippen LogP contribution in [0.4, 0.5) is 5.69 Å². The van der Waals surface area contributed by atoms with Crippen molar-refractivity contribution in [2.24, 2.45) is 4.99 Å². The van der Waals surface area contributed by atoms with E-state index in [-0.39, 0.29) is 29.3 Å². The molecule has 0 saturated carbocycles. The second-order valence-electron chi connectivity index (χ2n) is 7.85. The highest BCUT2D eigenvalue weighted by Gasteiger charge is 2.39. The molecule has 0 aromatic heterocycles. The Morgan fingerprint density at radius 3 is 2.48 bits per heavy atom. The monoisotopic (exact) mass is 459 g/mol. The van der Waals surface area contributed by atoms with Crippen molar-refractivity contribution in [3.05, 3.63) is 62.6 Å². The van der Waals surface area contributed by atoms with Gasteiger partial charge in [-0.2, -0.15) is 0 Å². The van der Waals surface area contributed by atoms with Gasteiger partial charge >= 0.3 is 11.9 Å². The van der Waals surface area contributed by atoms with Crippen molar-refractivity contribution in [1.82, 2.24) is 15.1 Å². The van der Waals surface area contributed by atoms with E-state index in [1.165, 1.54) is 31.6 Å². The van der Waals surface area contributed by atoms with Crippen molar-refractivity contribution in [2.75, 3.05) is 48.5 Å². The number of benzene rings is 1. The number of dihydropyridines is 1. The van der Waals surface area contributed by atoms with Gasteiger partial charge in [0, 0.05) is 38.5 Å². The van der Waals surface area contributed by atoms with Gasteiger partial charge in [0.25, 0.3) is 5.69 Å². The van der Waals surface area contributed by atoms with Crippen LogP contribution in [0, 0.1) is 10.1 Å². The molecule has 1 unspecified atom stereocenters. The number of nitro groups is 1. The Hall–Kier alpha value is -3.73. The summed E-state index contributed by atoms with van der Waals surface area (Å²) in [5.74, 6) is -2.18. The average molecular weight is 460 g/mol. The lowest BCUT2D eigenvalue weighted by Crippen LogP contribution is -2.33. The van der Waals surface area contributed by atoms with Crippen LogP contribution in [-0.2, 0) is 19.1 Å². The molecule has 33 heavy (non-hydrogen) atoms. The van der Waals surface area contributed by atoms with Gasteiger partial charge in [0.05, 0.1) is 35.4 Å². The molecule has 1 aliphatic rings. The summed E-state index contributed by atoms with van der Waals surface area (Å²) in [4.78, 5) is 44.7. The van der Waals surface area contributed by atoms with Crippen LogP contribution in [0.1, 0.15) is 18.4 Å². The summed E-state index contributed by atoms with van der Waals surface area (Å²) in [6.07, 6.45) is 1.49. The van der Waals surface area contributed by atoms with E-state index in [2.05, 4.69) is 10.3 Å². The van der Waals surface area contributed by atoms with Gasteiger partial charge in [0.1, 0.15) is 12.4 Å². The predicted molar refractivity (Wildman–Crippen MR) is 122 cm³/mol. The van der Waals surface area contributed by atoms with Gasteiger partial charge in [-0.15, -0.1) is 0 Å². The lowest BCUT2D eigenvalue weighted by atomic mass is 9.81. The highest BCUT2D eigenvalue weighted by Crippen LogP contribution is 2.40. The van der Waals surface area contributed by atoms with Crippen LogP contribution in [-0.4, -0.2) is 81.5 Å². The highest BCUT2D eigenvalue weighted by atomic mass is 16.6. The zero-order chi connectivity index (χ0) is 24.7. The number of nitrogens with zero attached hydrogens (tertiary/aromatic N) is 4. The lowest BCUT2D eigenvalue weighted by Gasteiger charge is -2.30. The Bertz CT molecular complexity index is 1010. The summed E-state index contributed by atoms with van der Waals surface area (Å²) in [5.41, 5.74) is 0.800. The van der Waals surface area contributed by atoms with E-state index in [9.17, 15) is 19.7 Å². The normalized spacial score (nSPS) is 16.2. The van der Waals surface area contributed by atoms with Crippen molar-refractivity contribution < 1.29 is 24.0 Å². The van der Waals surface area contributed by atoms with E-state index >= 15 is 0 Å². The third-order valence-electron chi connectivity index (χ3n) is 4.77. The molecule has 1 aromatic rings. The summed E-state index contributed by atoms with van der Waals surface area (Å²) >= 11 is 0. The first-order valence-electron chi connectivity index (χ1n) is 10.1. The van der Waals surface area contributed by atoms with Crippen molar-refractivity contribution in [3.63, 3.8) is 0 Å². The number of hydrogen-bond donors (Lipinski definition) is 1. The van der Waals surface area contributed by atoms with Gasteiger partial charge in [-0.1, -0.05) is 12.1 Å². The Kier molecular flexibility index (Phi) is 8.69. The minimum atomic E-state index is -0.986. The Labute approximate surface area is 192 Å². The van der Waals surface area contributed by atoms with Crippen LogP contribution < -0.4 is 5.32 Å². The second-order valence-corrected chi connectivity index (χ2v) is 7.85. The molecule has 1 atom stereocenters. The molecule has 11 nitrogen and oxygen atoms in total. The van der Waals surface area contributed by atoms with Crippen molar-refractivity contribution in [2.45, 2.75) is 12.8 Å². The number of carbonyl (C=O) groups excluding carboxylic acids is 2. The Morgan fingerprint density at radius 1 is 1.21 bits per heavy atom. The SMILES string of the molecule is COC(=O)C1=C(N=CN(C)C)NC(C)=C(C(=O)OCCN(C)C)C1c1cccc([N+](=O)[O-])c1. The number of esters is 2. The number of ether oxygens (including phenoxy) is 2. The number of carbonyl (C=O) groups is 2. The number of rotatable bonds is 9. The second kappa shape index (κ2) is 11.2. The molecular formula is C22H29N5O6. The third-order valence-corrected chi connectivity index (χ3v) is 4.77. The topological polar surface area (TPSA) is 127 Å². The molecule has 1 N–H and O–H groups in total. The molecule has 0 bridgehead atoms. The molecule has 1 heterocycles.